The van der Waals surface area contributed by atoms with Crippen LogP contribution < -0.4 is 5.32 Å². The summed E-state index contributed by atoms with van der Waals surface area (Å²) in [7, 11) is 0. The van der Waals surface area contributed by atoms with Crippen LogP contribution >= 0.6 is 0 Å². The van der Waals surface area contributed by atoms with Crippen LogP contribution in [0.3, 0.4) is 0 Å². The van der Waals surface area contributed by atoms with E-state index in [0.29, 0.717) is 11.7 Å². The van der Waals surface area contributed by atoms with Crippen LogP contribution in [0.5, 0.6) is 0 Å². The standard InChI is InChI=1S/C19H20N4O2/c20-13-16-6-7-18(12-19(16)23(24)25)21-17-8-10-22(11-9-17)14-15-4-2-1-3-5-15/h1-7,12,17,21H,8-11,14H2. The Morgan fingerprint density at radius 1 is 1.20 bits per heavy atom. The molecule has 1 fully saturated rings. The van der Waals surface area contributed by atoms with E-state index in [9.17, 15) is 10.1 Å². The molecular formula is C19H20N4O2. The second-order valence-corrected chi connectivity index (χ2v) is 6.28. The van der Waals surface area contributed by atoms with Gasteiger partial charge in [-0.2, -0.15) is 5.26 Å². The van der Waals surface area contributed by atoms with E-state index < -0.39 is 4.92 Å². The monoisotopic (exact) mass is 336 g/mol. The zero-order valence-electron chi connectivity index (χ0n) is 13.9. The van der Waals surface area contributed by atoms with Gasteiger partial charge in [0.25, 0.3) is 5.69 Å². The molecule has 0 atom stereocenters. The van der Waals surface area contributed by atoms with Gasteiger partial charge in [0.2, 0.25) is 0 Å². The molecule has 1 aliphatic heterocycles. The Hall–Kier alpha value is -2.91. The van der Waals surface area contributed by atoms with Gasteiger partial charge in [0, 0.05) is 37.4 Å². The molecule has 0 radical (unpaired) electrons. The number of hydrogen-bond acceptors (Lipinski definition) is 5. The summed E-state index contributed by atoms with van der Waals surface area (Å²) in [6, 6.07) is 17.3. The van der Waals surface area contributed by atoms with Gasteiger partial charge in [-0.1, -0.05) is 30.3 Å². The summed E-state index contributed by atoms with van der Waals surface area (Å²) >= 11 is 0. The summed E-state index contributed by atoms with van der Waals surface area (Å²) in [6.07, 6.45) is 1.97. The first-order chi connectivity index (χ1) is 12.2. The third kappa shape index (κ3) is 4.34. The normalized spacial score (nSPS) is 15.5. The van der Waals surface area contributed by atoms with Crippen molar-refractivity contribution in [2.24, 2.45) is 0 Å². The molecule has 0 saturated carbocycles. The highest BCUT2D eigenvalue weighted by Crippen LogP contribution is 2.25. The molecule has 128 valence electrons. The fourth-order valence-electron chi connectivity index (χ4n) is 3.18. The molecule has 0 spiro atoms. The average Bonchev–Trinajstić information content (AvgIpc) is 2.64. The number of anilines is 1. The molecular weight excluding hydrogens is 316 g/mol. The molecule has 0 unspecified atom stereocenters. The van der Waals surface area contributed by atoms with E-state index in [4.69, 9.17) is 5.26 Å². The van der Waals surface area contributed by atoms with Crippen LogP contribution in [-0.2, 0) is 6.54 Å². The molecule has 2 aromatic rings. The lowest BCUT2D eigenvalue weighted by Gasteiger charge is -2.32. The highest BCUT2D eigenvalue weighted by molar-refractivity contribution is 5.59. The lowest BCUT2D eigenvalue weighted by Crippen LogP contribution is -2.38. The molecule has 0 bridgehead atoms. The SMILES string of the molecule is N#Cc1ccc(NC2CCN(Cc3ccccc3)CC2)cc1[N+](=O)[O-]. The topological polar surface area (TPSA) is 82.2 Å². The number of likely N-dealkylation sites (tertiary alicyclic amines) is 1. The Bertz CT molecular complexity index is 778. The first kappa shape index (κ1) is 16.9. The fourth-order valence-corrected chi connectivity index (χ4v) is 3.18. The second kappa shape index (κ2) is 7.77. The first-order valence-corrected chi connectivity index (χ1v) is 8.37. The molecule has 3 rings (SSSR count). The number of benzene rings is 2. The predicted molar refractivity (Wildman–Crippen MR) is 96.2 cm³/mol. The Morgan fingerprint density at radius 2 is 1.92 bits per heavy atom. The van der Waals surface area contributed by atoms with E-state index in [2.05, 4.69) is 34.5 Å². The maximum Gasteiger partial charge on any atom is 0.289 e. The van der Waals surface area contributed by atoms with E-state index in [0.717, 1.165) is 32.5 Å². The Kier molecular flexibility index (Phi) is 5.26. The molecule has 1 saturated heterocycles. The Labute approximate surface area is 146 Å². The summed E-state index contributed by atoms with van der Waals surface area (Å²) < 4.78 is 0. The second-order valence-electron chi connectivity index (χ2n) is 6.28. The maximum absolute atomic E-state index is 11.1. The van der Waals surface area contributed by atoms with E-state index in [1.54, 1.807) is 6.07 Å². The fraction of sp³-hybridized carbons (Fsp3) is 0.316. The van der Waals surface area contributed by atoms with Gasteiger partial charge >= 0.3 is 0 Å². The van der Waals surface area contributed by atoms with Crippen molar-refractivity contribution in [2.75, 3.05) is 18.4 Å². The molecule has 6 heteroatoms. The summed E-state index contributed by atoms with van der Waals surface area (Å²) in [5.74, 6) is 0. The van der Waals surface area contributed by atoms with Crippen LogP contribution in [-0.4, -0.2) is 29.0 Å². The predicted octanol–water partition coefficient (Wildman–Crippen LogP) is 3.54. The van der Waals surface area contributed by atoms with Gasteiger partial charge in [-0.3, -0.25) is 15.0 Å². The van der Waals surface area contributed by atoms with E-state index in [-0.39, 0.29) is 11.3 Å². The molecule has 0 aromatic heterocycles. The van der Waals surface area contributed by atoms with Crippen molar-refractivity contribution in [3.8, 4) is 6.07 Å². The summed E-state index contributed by atoms with van der Waals surface area (Å²) in [6.45, 7) is 2.94. The van der Waals surface area contributed by atoms with E-state index in [1.165, 1.54) is 17.7 Å². The third-order valence-electron chi connectivity index (χ3n) is 4.52. The molecule has 6 nitrogen and oxygen atoms in total. The van der Waals surface area contributed by atoms with Gasteiger partial charge in [-0.05, 0) is 30.5 Å². The average molecular weight is 336 g/mol. The van der Waals surface area contributed by atoms with Crippen molar-refractivity contribution in [2.45, 2.75) is 25.4 Å². The minimum absolute atomic E-state index is 0.0910. The molecule has 1 heterocycles. The quantitative estimate of drug-likeness (QED) is 0.667. The Balaban J connectivity index is 1.56. The molecule has 2 aromatic carbocycles. The van der Waals surface area contributed by atoms with Crippen molar-refractivity contribution >= 4 is 11.4 Å². The molecule has 1 aliphatic rings. The Morgan fingerprint density at radius 3 is 2.56 bits per heavy atom. The van der Waals surface area contributed by atoms with Crippen LogP contribution in [0.15, 0.2) is 48.5 Å². The maximum atomic E-state index is 11.1. The van der Waals surface area contributed by atoms with E-state index >= 15 is 0 Å². The molecule has 1 N–H and O–H groups in total. The van der Waals surface area contributed by atoms with E-state index in [1.807, 2.05) is 12.1 Å². The number of nitro benzene ring substituents is 1. The van der Waals surface area contributed by atoms with Gasteiger partial charge in [0.1, 0.15) is 11.6 Å². The van der Waals surface area contributed by atoms with Crippen LogP contribution in [0.2, 0.25) is 0 Å². The van der Waals surface area contributed by atoms with Gasteiger partial charge in [0.05, 0.1) is 4.92 Å². The number of rotatable bonds is 5. The minimum atomic E-state index is -0.508. The lowest BCUT2D eigenvalue weighted by molar-refractivity contribution is -0.385. The molecule has 25 heavy (non-hydrogen) atoms. The van der Waals surface area contributed by atoms with Crippen LogP contribution in [0.25, 0.3) is 0 Å². The smallest absolute Gasteiger partial charge is 0.289 e. The largest absolute Gasteiger partial charge is 0.382 e. The van der Waals surface area contributed by atoms with Crippen LogP contribution in [0.1, 0.15) is 24.0 Å². The number of nitro groups is 1. The first-order valence-electron chi connectivity index (χ1n) is 8.37. The zero-order chi connectivity index (χ0) is 17.6. The lowest BCUT2D eigenvalue weighted by atomic mass is 10.0. The van der Waals surface area contributed by atoms with Crippen molar-refractivity contribution in [3.05, 3.63) is 69.8 Å². The summed E-state index contributed by atoms with van der Waals surface area (Å²) in [5.41, 5.74) is 1.96. The number of nitrogens with one attached hydrogen (secondary N) is 1. The third-order valence-corrected chi connectivity index (χ3v) is 4.52. The molecule has 0 aliphatic carbocycles. The van der Waals surface area contributed by atoms with Crippen LogP contribution in [0, 0.1) is 21.4 Å². The number of nitriles is 1. The molecule has 0 amide bonds. The summed E-state index contributed by atoms with van der Waals surface area (Å²) in [5, 5.41) is 23.4. The number of hydrogen-bond donors (Lipinski definition) is 1. The van der Waals surface area contributed by atoms with Crippen molar-refractivity contribution < 1.29 is 4.92 Å². The highest BCUT2D eigenvalue weighted by Gasteiger charge is 2.20. The van der Waals surface area contributed by atoms with Gasteiger partial charge in [-0.15, -0.1) is 0 Å². The van der Waals surface area contributed by atoms with Crippen molar-refractivity contribution in [3.63, 3.8) is 0 Å². The summed E-state index contributed by atoms with van der Waals surface area (Å²) in [4.78, 5) is 13.0. The highest BCUT2D eigenvalue weighted by atomic mass is 16.6. The number of piperidine rings is 1. The van der Waals surface area contributed by atoms with Gasteiger partial charge in [0.15, 0.2) is 0 Å². The number of nitrogens with zero attached hydrogens (tertiary/aromatic N) is 3. The van der Waals surface area contributed by atoms with Crippen LogP contribution in [0.4, 0.5) is 11.4 Å². The van der Waals surface area contributed by atoms with Crippen molar-refractivity contribution in [1.82, 2.24) is 4.90 Å². The van der Waals surface area contributed by atoms with Crippen molar-refractivity contribution in [1.29, 1.82) is 5.26 Å². The zero-order valence-corrected chi connectivity index (χ0v) is 13.9. The van der Waals surface area contributed by atoms with Gasteiger partial charge < -0.3 is 5.32 Å². The minimum Gasteiger partial charge on any atom is -0.382 e. The van der Waals surface area contributed by atoms with Gasteiger partial charge in [-0.25, -0.2) is 0 Å².